The van der Waals surface area contributed by atoms with Crippen LogP contribution in [0.5, 0.6) is 5.75 Å². The predicted octanol–water partition coefficient (Wildman–Crippen LogP) is 2.90. The number of nitrogens with one attached hydrogen (secondary N) is 1. The average molecular weight is 357 g/mol. The molecule has 1 amide bonds. The molecular weight excluding hydrogens is 344 g/mol. The number of esters is 1. The standard InChI is InChI=1S/C12H12Cl3NO5/c1-19-8-5-3-7(4-6-8)9(17)21-10(12(13,14)15)16-11(18)20-2/h3-6,10H,1-2H3,(H,16,18). The number of alkyl carbamates (subject to hydrolysis) is 1. The molecule has 1 atom stereocenters. The third kappa shape index (κ3) is 5.49. The summed E-state index contributed by atoms with van der Waals surface area (Å²) in [5.41, 5.74) is 0.196. The fourth-order valence-corrected chi connectivity index (χ4v) is 1.54. The molecule has 0 aliphatic heterocycles. The molecule has 1 unspecified atom stereocenters. The second-order valence-corrected chi connectivity index (χ2v) is 6.06. The maximum absolute atomic E-state index is 11.9. The second kappa shape index (κ2) is 7.59. The molecule has 0 aromatic heterocycles. The molecule has 0 fully saturated rings. The monoisotopic (exact) mass is 355 g/mol. The number of hydrogen-bond acceptors (Lipinski definition) is 5. The summed E-state index contributed by atoms with van der Waals surface area (Å²) < 4.78 is 12.2. The lowest BCUT2D eigenvalue weighted by molar-refractivity contribution is 0.0227. The highest BCUT2D eigenvalue weighted by Gasteiger charge is 2.38. The van der Waals surface area contributed by atoms with Gasteiger partial charge in [0.05, 0.1) is 19.8 Å². The van der Waals surface area contributed by atoms with Gasteiger partial charge < -0.3 is 14.2 Å². The molecule has 0 spiro atoms. The van der Waals surface area contributed by atoms with E-state index in [-0.39, 0.29) is 5.56 Å². The van der Waals surface area contributed by atoms with E-state index in [0.717, 1.165) is 7.11 Å². The molecule has 6 nitrogen and oxygen atoms in total. The van der Waals surface area contributed by atoms with Gasteiger partial charge >= 0.3 is 12.1 Å². The number of carbonyl (C=O) groups excluding carboxylic acids is 2. The maximum atomic E-state index is 11.9. The number of methoxy groups -OCH3 is 2. The van der Waals surface area contributed by atoms with Crippen LogP contribution in [0.25, 0.3) is 0 Å². The van der Waals surface area contributed by atoms with Gasteiger partial charge in [0.2, 0.25) is 10.0 Å². The summed E-state index contributed by atoms with van der Waals surface area (Å²) in [6.07, 6.45) is -2.42. The minimum atomic E-state index is -2.06. The van der Waals surface area contributed by atoms with E-state index < -0.39 is 22.1 Å². The van der Waals surface area contributed by atoms with Crippen molar-refractivity contribution in [3.05, 3.63) is 29.8 Å². The fraction of sp³-hybridized carbons (Fsp3) is 0.333. The van der Waals surface area contributed by atoms with Crippen molar-refractivity contribution in [1.82, 2.24) is 5.32 Å². The zero-order valence-corrected chi connectivity index (χ0v) is 13.3. The van der Waals surface area contributed by atoms with Crippen molar-refractivity contribution in [2.75, 3.05) is 14.2 Å². The first-order valence-corrected chi connectivity index (χ1v) is 6.67. The van der Waals surface area contributed by atoms with Crippen LogP contribution in [0.1, 0.15) is 10.4 Å². The molecule has 1 aromatic rings. The van der Waals surface area contributed by atoms with E-state index in [0.29, 0.717) is 5.75 Å². The molecule has 0 saturated heterocycles. The van der Waals surface area contributed by atoms with Gasteiger partial charge in [-0.05, 0) is 24.3 Å². The fourth-order valence-electron chi connectivity index (χ4n) is 1.25. The lowest BCUT2D eigenvalue weighted by atomic mass is 10.2. The summed E-state index contributed by atoms with van der Waals surface area (Å²) in [5, 5.41) is 2.11. The Bertz CT molecular complexity index is 501. The quantitative estimate of drug-likeness (QED) is 0.510. The smallest absolute Gasteiger partial charge is 0.409 e. The summed E-state index contributed by atoms with van der Waals surface area (Å²) in [6.45, 7) is 0. The first-order chi connectivity index (χ1) is 9.77. The van der Waals surface area contributed by atoms with Crippen molar-refractivity contribution >= 4 is 46.9 Å². The van der Waals surface area contributed by atoms with Crippen LogP contribution >= 0.6 is 34.8 Å². The molecule has 116 valence electrons. The van der Waals surface area contributed by atoms with Crippen LogP contribution in [0.3, 0.4) is 0 Å². The number of rotatable bonds is 4. The van der Waals surface area contributed by atoms with Crippen molar-refractivity contribution in [1.29, 1.82) is 0 Å². The Balaban J connectivity index is 2.81. The Morgan fingerprint density at radius 1 is 1.14 bits per heavy atom. The Morgan fingerprint density at radius 2 is 1.71 bits per heavy atom. The van der Waals surface area contributed by atoms with Crippen LogP contribution in [0.15, 0.2) is 24.3 Å². The number of benzene rings is 1. The van der Waals surface area contributed by atoms with Crippen LogP contribution in [-0.4, -0.2) is 36.3 Å². The van der Waals surface area contributed by atoms with Gasteiger partial charge in [0.1, 0.15) is 5.75 Å². The lowest BCUT2D eigenvalue weighted by Crippen LogP contribution is -2.46. The Kier molecular flexibility index (Phi) is 6.39. The van der Waals surface area contributed by atoms with Crippen LogP contribution in [-0.2, 0) is 9.47 Å². The van der Waals surface area contributed by atoms with Gasteiger partial charge in [0.25, 0.3) is 0 Å². The molecule has 0 radical (unpaired) electrons. The highest BCUT2D eigenvalue weighted by molar-refractivity contribution is 6.68. The molecule has 1 aromatic carbocycles. The molecule has 0 bridgehead atoms. The third-order valence-corrected chi connectivity index (χ3v) is 2.88. The summed E-state index contributed by atoms with van der Waals surface area (Å²) >= 11 is 16.9. The van der Waals surface area contributed by atoms with Crippen molar-refractivity contribution in [3.8, 4) is 5.75 Å². The highest BCUT2D eigenvalue weighted by Crippen LogP contribution is 2.31. The average Bonchev–Trinajstić information content (AvgIpc) is 2.45. The van der Waals surface area contributed by atoms with Crippen LogP contribution in [0.4, 0.5) is 4.79 Å². The molecule has 0 aliphatic rings. The van der Waals surface area contributed by atoms with Crippen molar-refractivity contribution < 1.29 is 23.8 Å². The van der Waals surface area contributed by atoms with Gasteiger partial charge in [-0.25, -0.2) is 9.59 Å². The first kappa shape index (κ1) is 17.7. The maximum Gasteiger partial charge on any atom is 0.409 e. The second-order valence-electron chi connectivity index (χ2n) is 3.69. The molecule has 9 heteroatoms. The molecule has 1 N–H and O–H groups in total. The molecule has 21 heavy (non-hydrogen) atoms. The number of hydrogen-bond donors (Lipinski definition) is 1. The van der Waals surface area contributed by atoms with Crippen molar-refractivity contribution in [2.24, 2.45) is 0 Å². The van der Waals surface area contributed by atoms with Crippen molar-refractivity contribution in [3.63, 3.8) is 0 Å². The number of amides is 1. The van der Waals surface area contributed by atoms with Gasteiger partial charge in [-0.1, -0.05) is 34.8 Å². The van der Waals surface area contributed by atoms with Crippen LogP contribution in [0, 0.1) is 0 Å². The molecule has 1 rings (SSSR count). The number of carbonyl (C=O) groups is 2. The zero-order chi connectivity index (χ0) is 16.0. The zero-order valence-electron chi connectivity index (χ0n) is 11.1. The van der Waals surface area contributed by atoms with E-state index in [1.165, 1.54) is 19.2 Å². The van der Waals surface area contributed by atoms with E-state index in [1.54, 1.807) is 12.1 Å². The predicted molar refractivity (Wildman–Crippen MR) is 78.0 cm³/mol. The minimum absolute atomic E-state index is 0.196. The van der Waals surface area contributed by atoms with E-state index in [1.807, 2.05) is 0 Å². The van der Waals surface area contributed by atoms with Gasteiger partial charge in [-0.2, -0.15) is 0 Å². The van der Waals surface area contributed by atoms with Gasteiger partial charge in [-0.3, -0.25) is 5.32 Å². The molecule has 0 heterocycles. The lowest BCUT2D eigenvalue weighted by Gasteiger charge is -2.24. The topological polar surface area (TPSA) is 73.9 Å². The van der Waals surface area contributed by atoms with E-state index in [2.05, 4.69) is 10.1 Å². The minimum Gasteiger partial charge on any atom is -0.497 e. The molecular formula is C12H12Cl3NO5. The summed E-state index contributed by atoms with van der Waals surface area (Å²) in [7, 11) is 2.61. The van der Waals surface area contributed by atoms with Gasteiger partial charge in [-0.15, -0.1) is 0 Å². The normalized spacial score (nSPS) is 12.2. The van der Waals surface area contributed by atoms with E-state index in [9.17, 15) is 9.59 Å². The van der Waals surface area contributed by atoms with Crippen LogP contribution in [0.2, 0.25) is 0 Å². The van der Waals surface area contributed by atoms with E-state index in [4.69, 9.17) is 44.3 Å². The Morgan fingerprint density at radius 3 is 2.14 bits per heavy atom. The SMILES string of the molecule is COC(=O)NC(OC(=O)c1ccc(OC)cc1)C(Cl)(Cl)Cl. The summed E-state index contributed by atoms with van der Waals surface area (Å²) in [4.78, 5) is 23.1. The molecule has 0 saturated carbocycles. The number of halogens is 3. The molecule has 0 aliphatic carbocycles. The number of alkyl halides is 3. The van der Waals surface area contributed by atoms with Gasteiger partial charge in [0, 0.05) is 0 Å². The Labute approximate surface area is 136 Å². The first-order valence-electron chi connectivity index (χ1n) is 5.54. The van der Waals surface area contributed by atoms with Crippen LogP contribution < -0.4 is 10.1 Å². The Hall–Kier alpha value is -1.37. The summed E-state index contributed by atoms with van der Waals surface area (Å²) in [5.74, 6) is -0.220. The summed E-state index contributed by atoms with van der Waals surface area (Å²) in [6, 6.07) is 6.06. The van der Waals surface area contributed by atoms with E-state index >= 15 is 0 Å². The highest BCUT2D eigenvalue weighted by atomic mass is 35.6. The van der Waals surface area contributed by atoms with Crippen molar-refractivity contribution in [2.45, 2.75) is 10.0 Å². The third-order valence-electron chi connectivity index (χ3n) is 2.28. The number of ether oxygens (including phenoxy) is 3. The largest absolute Gasteiger partial charge is 0.497 e. The van der Waals surface area contributed by atoms with Gasteiger partial charge in [0.15, 0.2) is 0 Å².